The van der Waals surface area contributed by atoms with Crippen molar-refractivity contribution in [3.63, 3.8) is 0 Å². The molecular formula is C84H98LiN19O18. The van der Waals surface area contributed by atoms with Crippen LogP contribution in [0, 0.1) is 31.6 Å². The van der Waals surface area contributed by atoms with E-state index in [2.05, 4.69) is 45.5 Å². The first kappa shape index (κ1) is 91.5. The van der Waals surface area contributed by atoms with Gasteiger partial charge >= 0.3 is 42.7 Å². The SMILES string of the molecule is COC(=O)C1CCN(C(=O)CN2Cc3ccccc3C2=O)CC1.COC(=O)C1CCNCC1.Cc1nn(C)c2cnc(-c3noc(C4CCN(C(=O)CN5Cc6ccccc6C5=O)CC4)n3)cc12.Cc1nn(C)c2cnc(/C(N)=N/O)cc12.O=C(O)C1CCN(C(=O)CN2Cc3ccccc3C2=O)CC1.O=C(O)CN1Cc2ccccc2C1=O.[Li+].[NH-]O. The maximum Gasteiger partial charge on any atom is 1.00 e. The van der Waals surface area contributed by atoms with Crippen LogP contribution in [0.1, 0.15) is 144 Å². The minimum absolute atomic E-state index is 0. The molecule has 0 spiro atoms. The molecule has 4 fully saturated rings. The van der Waals surface area contributed by atoms with Crippen molar-refractivity contribution in [2.45, 2.75) is 97.3 Å². The number of fused-ring (bicyclic) bond motifs is 6. The molecule has 4 aromatic carbocycles. The number of hydrogen-bond donors (Lipinski definition) is 6. The number of aryl methyl sites for hydroxylation is 4. The monoisotopic (exact) mass is 1670 g/mol. The van der Waals surface area contributed by atoms with Crippen LogP contribution in [0.2, 0.25) is 0 Å². The number of nitrogens with zero attached hydrogens (tertiary/aromatic N) is 16. The van der Waals surface area contributed by atoms with Crippen LogP contribution in [0.25, 0.3) is 39.2 Å². The summed E-state index contributed by atoms with van der Waals surface area (Å²) < 4.78 is 18.5. The maximum atomic E-state index is 12.9. The van der Waals surface area contributed by atoms with Crippen LogP contribution in [0.3, 0.4) is 0 Å². The van der Waals surface area contributed by atoms with E-state index in [0.29, 0.717) is 136 Å². The normalized spacial score (nSPS) is 16.3. The summed E-state index contributed by atoms with van der Waals surface area (Å²) in [6.07, 6.45) is 8.94. The van der Waals surface area contributed by atoms with Gasteiger partial charge in [0.2, 0.25) is 29.4 Å². The first-order chi connectivity index (χ1) is 58.3. The van der Waals surface area contributed by atoms with Crippen molar-refractivity contribution in [1.29, 1.82) is 0 Å². The Kier molecular flexibility index (Phi) is 31.8. The number of aromatic nitrogens is 8. The zero-order chi connectivity index (χ0) is 86.7. The number of carbonyl (C=O) groups is 11. The number of amides is 7. The smallest absolute Gasteiger partial charge is 0.553 e. The Labute approximate surface area is 714 Å². The molecule has 0 bridgehead atoms. The van der Waals surface area contributed by atoms with Crippen LogP contribution in [0.15, 0.2) is 131 Å². The number of piperidine rings is 4. The Bertz CT molecular complexity index is 5330. The Morgan fingerprint density at radius 1 is 0.525 bits per heavy atom. The Morgan fingerprint density at radius 3 is 1.26 bits per heavy atom. The van der Waals surface area contributed by atoms with Crippen LogP contribution in [0.5, 0.6) is 0 Å². The van der Waals surface area contributed by atoms with Crippen molar-refractivity contribution in [1.82, 2.24) is 79.3 Å². The number of methoxy groups -OCH3 is 2. The number of ether oxygens (including phenoxy) is 2. The number of amidine groups is 1. The second-order valence-corrected chi connectivity index (χ2v) is 30.1. The summed E-state index contributed by atoms with van der Waals surface area (Å²) in [5, 5.41) is 53.2. The molecule has 38 heteroatoms. The zero-order valence-electron chi connectivity index (χ0n) is 69.1. The molecule has 0 radical (unpaired) electrons. The molecule has 9 aromatic rings. The average Bonchev–Trinajstić information content (AvgIpc) is 1.67. The first-order valence-corrected chi connectivity index (χ1v) is 39.6. The van der Waals surface area contributed by atoms with E-state index < -0.39 is 11.9 Å². The van der Waals surface area contributed by atoms with Gasteiger partial charge in [0.15, 0.2) is 5.84 Å². The fourth-order valence-electron chi connectivity index (χ4n) is 15.7. The number of rotatable bonds is 14. The Morgan fingerprint density at radius 2 is 0.885 bits per heavy atom. The summed E-state index contributed by atoms with van der Waals surface area (Å²) in [7, 11) is 6.57. The molecule has 8 aliphatic rings. The quantitative estimate of drug-likeness (QED) is 0.0227. The van der Waals surface area contributed by atoms with Gasteiger partial charge < -0.3 is 85.9 Å². The number of carbonyl (C=O) groups excluding carboxylic acids is 9. The number of aliphatic carboxylic acids is 2. The van der Waals surface area contributed by atoms with Gasteiger partial charge in [0.05, 0.1) is 66.8 Å². The van der Waals surface area contributed by atoms with Gasteiger partial charge in [0, 0.05) is 118 Å². The second-order valence-electron chi connectivity index (χ2n) is 30.1. The number of benzene rings is 4. The van der Waals surface area contributed by atoms with Gasteiger partial charge in [-0.15, -0.1) is 0 Å². The molecule has 638 valence electrons. The van der Waals surface area contributed by atoms with E-state index in [-0.39, 0.29) is 128 Å². The molecule has 0 saturated carbocycles. The van der Waals surface area contributed by atoms with Crippen LogP contribution in [-0.2, 0) is 83.3 Å². The van der Waals surface area contributed by atoms with Gasteiger partial charge in [-0.25, -0.2) is 0 Å². The molecule has 8 N–H and O–H groups in total. The molecule has 0 unspecified atom stereocenters. The van der Waals surface area contributed by atoms with Gasteiger partial charge in [0.25, 0.3) is 23.6 Å². The van der Waals surface area contributed by atoms with E-state index in [1.54, 1.807) is 76.6 Å². The molecule has 122 heavy (non-hydrogen) atoms. The molecule has 13 heterocycles. The summed E-state index contributed by atoms with van der Waals surface area (Å²) in [6, 6.07) is 33.2. The van der Waals surface area contributed by atoms with E-state index in [1.807, 2.05) is 112 Å². The zero-order valence-corrected chi connectivity index (χ0v) is 69.1. The van der Waals surface area contributed by atoms with Crippen LogP contribution >= 0.6 is 0 Å². The van der Waals surface area contributed by atoms with Crippen LogP contribution in [0.4, 0.5) is 0 Å². The van der Waals surface area contributed by atoms with Gasteiger partial charge in [-0.05, 0) is 137 Å². The molecule has 8 aliphatic heterocycles. The summed E-state index contributed by atoms with van der Waals surface area (Å²) in [5.41, 5.74) is 16.7. The predicted octanol–water partition coefficient (Wildman–Crippen LogP) is 3.40. The van der Waals surface area contributed by atoms with Gasteiger partial charge in [-0.1, -0.05) is 83.1 Å². The minimum atomic E-state index is -0.980. The second kappa shape index (κ2) is 42.4. The van der Waals surface area contributed by atoms with E-state index in [0.717, 1.165) is 94.2 Å². The molecule has 7 amide bonds. The predicted molar refractivity (Wildman–Crippen MR) is 435 cm³/mol. The number of esters is 2. The number of nitrogens with one attached hydrogen (secondary N) is 2. The van der Waals surface area contributed by atoms with Crippen molar-refractivity contribution in [2.75, 3.05) is 92.8 Å². The molecule has 0 aliphatic carbocycles. The van der Waals surface area contributed by atoms with E-state index >= 15 is 0 Å². The fourth-order valence-corrected chi connectivity index (χ4v) is 15.7. The van der Waals surface area contributed by atoms with Crippen LogP contribution in [-0.4, -0.2) is 258 Å². The standard InChI is InChI=1S/C25H25N7O3.C17H20N2O4.C16H18N2O4.C10H9NO3.C9H11N5O.C7H13NO2.Li.H2NO/c1-15-19-11-20(26-12-21(19)30(2)28-15)23-27-24(35-29-23)16-7-9-31(10-8-16)22(33)14-32-13-17-5-3-4-6-18(17)25(32)34;1-23-17(22)12-6-8-18(9-7-12)15(20)11-19-10-13-4-2-3-5-14(13)16(19)21;19-14(17-7-5-11(6-8-17)16(21)22)10-18-9-12-3-1-2-4-13(12)15(18)20;12-9(13)6-11-5-7-3-1-2-4-8(7)10(11)14;1-5-6-3-7(9(10)13-15)11-4-8(6)14(2)12-5;1-10-7(9)6-2-4-8-5-3-6;;1-2/h3-6,11-12,16H,7-10,13-14H2,1-2H3;2-5,12H,6-11H2,1H3;1-4,11H,5-10H2,(H,21,22);1-4H,5-6H2,(H,12,13);3-4,15H,1-2H3,(H2,10,13);6,8H,2-5H2,1H3;;1-2H/q;;;;;;+1;-1. The van der Waals surface area contributed by atoms with Crippen molar-refractivity contribution in [3.05, 3.63) is 195 Å². The number of nitrogens with two attached hydrogens (primary N) is 1. The van der Waals surface area contributed by atoms with Crippen molar-refractivity contribution >= 4 is 92.9 Å². The maximum absolute atomic E-state index is 12.9. The van der Waals surface area contributed by atoms with E-state index in [1.165, 1.54) is 19.1 Å². The molecule has 0 atom stereocenters. The third-order valence-electron chi connectivity index (χ3n) is 22.4. The third-order valence-corrected chi connectivity index (χ3v) is 22.4. The van der Waals surface area contributed by atoms with Crippen LogP contribution < -0.4 is 29.9 Å². The molecular weight excluding hydrogens is 1570 g/mol. The average molecular weight is 1670 g/mol. The number of carboxylic acid groups (broad SMARTS) is 2. The Balaban J connectivity index is 0.000000159. The number of likely N-dealkylation sites (tertiary alicyclic amines) is 3. The minimum Gasteiger partial charge on any atom is -0.553 e. The van der Waals surface area contributed by atoms with Crippen molar-refractivity contribution in [2.24, 2.45) is 42.7 Å². The van der Waals surface area contributed by atoms with E-state index in [9.17, 15) is 52.7 Å². The largest absolute Gasteiger partial charge is 1.00 e. The van der Waals surface area contributed by atoms with Gasteiger partial charge in [-0.2, -0.15) is 15.2 Å². The fraction of sp³-hybridized carbons (Fsp3) is 0.405. The molecule has 17 rings (SSSR count). The topological polar surface area (TPSA) is 484 Å². The number of carboxylic acids is 2. The van der Waals surface area contributed by atoms with Gasteiger partial charge in [0.1, 0.15) is 37.6 Å². The van der Waals surface area contributed by atoms with E-state index in [4.69, 9.17) is 41.5 Å². The summed E-state index contributed by atoms with van der Waals surface area (Å²) >= 11 is 0. The summed E-state index contributed by atoms with van der Waals surface area (Å²) in [5.74, 6) is 2.84. The molecule has 37 nitrogen and oxygen atoms in total. The summed E-state index contributed by atoms with van der Waals surface area (Å²) in [4.78, 5) is 155. The van der Waals surface area contributed by atoms with Crippen molar-refractivity contribution in [3.8, 4) is 11.5 Å². The number of hydrogen-bond acceptors (Lipinski definition) is 24. The first-order valence-electron chi connectivity index (χ1n) is 39.6. The summed E-state index contributed by atoms with van der Waals surface area (Å²) in [6.45, 7) is 10.8. The number of pyridine rings is 2. The van der Waals surface area contributed by atoms with Gasteiger partial charge in [-0.3, -0.25) is 72.1 Å². The molecule has 4 saturated heterocycles. The Hall–Kier alpha value is -12.8. The third kappa shape index (κ3) is 22.0. The number of oxime groups is 1. The molecule has 5 aromatic heterocycles. The van der Waals surface area contributed by atoms with Crippen molar-refractivity contribution < 1.29 is 106 Å².